The smallest absolute Gasteiger partial charge is 0.224 e. The first-order chi connectivity index (χ1) is 9.06. The van der Waals surface area contributed by atoms with Crippen LogP contribution in [0.5, 0.6) is 11.5 Å². The van der Waals surface area contributed by atoms with E-state index in [9.17, 15) is 4.79 Å². The van der Waals surface area contributed by atoms with Crippen LogP contribution in [0.1, 0.15) is 25.8 Å². The Kier molecular flexibility index (Phi) is 6.19. The highest BCUT2D eigenvalue weighted by molar-refractivity contribution is 5.79. The number of carbonyl (C=O) groups excluding carboxylic acids is 1. The lowest BCUT2D eigenvalue weighted by molar-refractivity contribution is -0.120. The molecule has 106 valence electrons. The molecule has 4 nitrogen and oxygen atoms in total. The van der Waals surface area contributed by atoms with Crippen molar-refractivity contribution < 1.29 is 14.3 Å². The van der Waals surface area contributed by atoms with Crippen LogP contribution >= 0.6 is 0 Å². The van der Waals surface area contributed by atoms with Gasteiger partial charge in [-0.15, -0.1) is 0 Å². The Balaban J connectivity index is 2.61. The van der Waals surface area contributed by atoms with Crippen molar-refractivity contribution in [2.24, 2.45) is 5.92 Å². The van der Waals surface area contributed by atoms with Crippen molar-refractivity contribution in [1.82, 2.24) is 5.32 Å². The molecule has 0 saturated carbocycles. The summed E-state index contributed by atoms with van der Waals surface area (Å²) in [6, 6.07) is 5.47. The van der Waals surface area contributed by atoms with Crippen LogP contribution in [0.2, 0.25) is 0 Å². The average Bonchev–Trinajstić information content (AvgIpc) is 2.38. The van der Waals surface area contributed by atoms with E-state index in [0.29, 0.717) is 24.6 Å². The number of hydrogen-bond acceptors (Lipinski definition) is 3. The van der Waals surface area contributed by atoms with Gasteiger partial charge in [0.2, 0.25) is 5.91 Å². The maximum atomic E-state index is 11.9. The summed E-state index contributed by atoms with van der Waals surface area (Å²) in [4.78, 5) is 11.9. The molecule has 0 aromatic heterocycles. The number of nitrogens with one attached hydrogen (secondary N) is 1. The van der Waals surface area contributed by atoms with E-state index in [1.807, 2.05) is 18.2 Å². The SMILES string of the molecule is COc1ccc(OC)c(CC(=O)NCCC(C)C)c1. The van der Waals surface area contributed by atoms with Crippen LogP contribution < -0.4 is 14.8 Å². The molecular formula is C15H23NO3. The van der Waals surface area contributed by atoms with Crippen molar-refractivity contribution in [3.8, 4) is 11.5 Å². The molecule has 0 saturated heterocycles. The van der Waals surface area contributed by atoms with Crippen molar-refractivity contribution >= 4 is 5.91 Å². The Hall–Kier alpha value is -1.71. The molecular weight excluding hydrogens is 242 g/mol. The Morgan fingerprint density at radius 2 is 2.00 bits per heavy atom. The number of benzene rings is 1. The number of ether oxygens (including phenoxy) is 2. The number of methoxy groups -OCH3 is 2. The summed E-state index contributed by atoms with van der Waals surface area (Å²) >= 11 is 0. The highest BCUT2D eigenvalue weighted by Crippen LogP contribution is 2.24. The van der Waals surface area contributed by atoms with Crippen LogP contribution in [0.3, 0.4) is 0 Å². The van der Waals surface area contributed by atoms with Gasteiger partial charge < -0.3 is 14.8 Å². The van der Waals surface area contributed by atoms with Gasteiger partial charge in [0.1, 0.15) is 11.5 Å². The molecule has 0 radical (unpaired) electrons. The molecule has 1 rings (SSSR count). The standard InChI is InChI=1S/C15H23NO3/c1-11(2)7-8-16-15(17)10-12-9-13(18-3)5-6-14(12)19-4/h5-6,9,11H,7-8,10H2,1-4H3,(H,16,17). The first-order valence-corrected chi connectivity index (χ1v) is 6.54. The van der Waals surface area contributed by atoms with Gasteiger partial charge in [-0.1, -0.05) is 13.8 Å². The van der Waals surface area contributed by atoms with Gasteiger partial charge in [-0.05, 0) is 30.5 Å². The summed E-state index contributed by atoms with van der Waals surface area (Å²) < 4.78 is 10.4. The predicted octanol–water partition coefficient (Wildman–Crippen LogP) is 2.41. The Morgan fingerprint density at radius 1 is 1.26 bits per heavy atom. The van der Waals surface area contributed by atoms with E-state index >= 15 is 0 Å². The van der Waals surface area contributed by atoms with Crippen molar-refractivity contribution in [2.75, 3.05) is 20.8 Å². The molecule has 4 heteroatoms. The number of carbonyl (C=O) groups is 1. The van der Waals surface area contributed by atoms with Crippen molar-refractivity contribution in [1.29, 1.82) is 0 Å². The van der Waals surface area contributed by atoms with Crippen LogP contribution in [0.15, 0.2) is 18.2 Å². The monoisotopic (exact) mass is 265 g/mol. The number of rotatable bonds is 7. The van der Waals surface area contributed by atoms with E-state index in [1.54, 1.807) is 14.2 Å². The molecule has 1 N–H and O–H groups in total. The molecule has 0 aliphatic carbocycles. The van der Waals surface area contributed by atoms with E-state index in [1.165, 1.54) is 0 Å². The van der Waals surface area contributed by atoms with Gasteiger partial charge in [0.15, 0.2) is 0 Å². The van der Waals surface area contributed by atoms with Gasteiger partial charge in [-0.25, -0.2) is 0 Å². The molecule has 0 bridgehead atoms. The normalized spacial score (nSPS) is 10.4. The van der Waals surface area contributed by atoms with Gasteiger partial charge in [0.25, 0.3) is 0 Å². The number of amides is 1. The minimum atomic E-state index is 0.00667. The van der Waals surface area contributed by atoms with Gasteiger partial charge in [0, 0.05) is 12.1 Å². The summed E-state index contributed by atoms with van der Waals surface area (Å²) in [5.41, 5.74) is 0.837. The molecule has 0 heterocycles. The van der Waals surface area contributed by atoms with Crippen LogP contribution in [-0.2, 0) is 11.2 Å². The summed E-state index contributed by atoms with van der Waals surface area (Å²) in [7, 11) is 3.20. The molecule has 0 aliphatic rings. The first kappa shape index (κ1) is 15.3. The number of hydrogen-bond donors (Lipinski definition) is 1. The van der Waals surface area contributed by atoms with E-state index in [4.69, 9.17) is 9.47 Å². The van der Waals surface area contributed by atoms with E-state index in [0.717, 1.165) is 17.7 Å². The molecule has 19 heavy (non-hydrogen) atoms. The van der Waals surface area contributed by atoms with Crippen LogP contribution in [0.25, 0.3) is 0 Å². The largest absolute Gasteiger partial charge is 0.497 e. The fourth-order valence-corrected chi connectivity index (χ4v) is 1.76. The Morgan fingerprint density at radius 3 is 2.58 bits per heavy atom. The molecule has 0 unspecified atom stereocenters. The lowest BCUT2D eigenvalue weighted by Gasteiger charge is -2.11. The zero-order valence-electron chi connectivity index (χ0n) is 12.2. The first-order valence-electron chi connectivity index (χ1n) is 6.54. The molecule has 1 amide bonds. The molecule has 0 atom stereocenters. The molecule has 0 aliphatic heterocycles. The maximum absolute atomic E-state index is 11.9. The molecule has 1 aromatic rings. The third-order valence-electron chi connectivity index (χ3n) is 2.88. The molecule has 1 aromatic carbocycles. The zero-order valence-corrected chi connectivity index (χ0v) is 12.2. The van der Waals surface area contributed by atoms with E-state index in [-0.39, 0.29) is 5.91 Å². The minimum absolute atomic E-state index is 0.00667. The summed E-state index contributed by atoms with van der Waals surface area (Å²) in [5, 5.41) is 2.92. The van der Waals surface area contributed by atoms with Crippen LogP contribution in [0, 0.1) is 5.92 Å². The highest BCUT2D eigenvalue weighted by atomic mass is 16.5. The molecule has 0 fully saturated rings. The summed E-state index contributed by atoms with van der Waals surface area (Å²) in [5.74, 6) is 2.03. The maximum Gasteiger partial charge on any atom is 0.224 e. The summed E-state index contributed by atoms with van der Waals surface area (Å²) in [6.45, 7) is 4.98. The van der Waals surface area contributed by atoms with E-state index in [2.05, 4.69) is 19.2 Å². The topological polar surface area (TPSA) is 47.6 Å². The predicted molar refractivity (Wildman–Crippen MR) is 75.7 cm³/mol. The van der Waals surface area contributed by atoms with Crippen molar-refractivity contribution in [3.63, 3.8) is 0 Å². The van der Waals surface area contributed by atoms with Crippen molar-refractivity contribution in [3.05, 3.63) is 23.8 Å². The van der Waals surface area contributed by atoms with Crippen LogP contribution in [-0.4, -0.2) is 26.7 Å². The second-order valence-electron chi connectivity index (χ2n) is 4.89. The van der Waals surface area contributed by atoms with E-state index < -0.39 is 0 Å². The average molecular weight is 265 g/mol. The Labute approximate surface area is 115 Å². The highest BCUT2D eigenvalue weighted by Gasteiger charge is 2.10. The lowest BCUT2D eigenvalue weighted by atomic mass is 10.1. The quantitative estimate of drug-likeness (QED) is 0.823. The van der Waals surface area contributed by atoms with Gasteiger partial charge in [-0.3, -0.25) is 4.79 Å². The summed E-state index contributed by atoms with van der Waals surface area (Å²) in [6.07, 6.45) is 1.29. The fourth-order valence-electron chi connectivity index (χ4n) is 1.76. The molecule has 0 spiro atoms. The lowest BCUT2D eigenvalue weighted by Crippen LogP contribution is -2.27. The zero-order chi connectivity index (χ0) is 14.3. The van der Waals surface area contributed by atoms with Gasteiger partial charge in [-0.2, -0.15) is 0 Å². The van der Waals surface area contributed by atoms with Crippen molar-refractivity contribution in [2.45, 2.75) is 26.7 Å². The van der Waals surface area contributed by atoms with Gasteiger partial charge in [0.05, 0.1) is 20.6 Å². The second kappa shape index (κ2) is 7.67. The minimum Gasteiger partial charge on any atom is -0.497 e. The third kappa shape index (κ3) is 5.20. The third-order valence-corrected chi connectivity index (χ3v) is 2.88. The second-order valence-corrected chi connectivity index (χ2v) is 4.89. The fraction of sp³-hybridized carbons (Fsp3) is 0.533. The van der Waals surface area contributed by atoms with Gasteiger partial charge >= 0.3 is 0 Å². The van der Waals surface area contributed by atoms with Crippen LogP contribution in [0.4, 0.5) is 0 Å². The Bertz CT molecular complexity index is 416.